The van der Waals surface area contributed by atoms with Gasteiger partial charge in [-0.05, 0) is 49.2 Å². The van der Waals surface area contributed by atoms with Gasteiger partial charge in [0.1, 0.15) is 17.3 Å². The van der Waals surface area contributed by atoms with Crippen LogP contribution in [-0.4, -0.2) is 32.9 Å². The molecule has 1 aliphatic rings. The number of ketones is 1. The number of rotatable bonds is 5. The number of benzene rings is 2. The smallest absolute Gasteiger partial charge is 0.196 e. The Morgan fingerprint density at radius 1 is 1.15 bits per heavy atom. The molecule has 0 amide bonds. The highest BCUT2D eigenvalue weighted by Crippen LogP contribution is 2.35. The van der Waals surface area contributed by atoms with E-state index in [-0.39, 0.29) is 16.9 Å². The first-order valence-corrected chi connectivity index (χ1v) is 9.59. The number of methoxy groups -OCH3 is 1. The fourth-order valence-electron chi connectivity index (χ4n) is 3.16. The van der Waals surface area contributed by atoms with Crippen LogP contribution in [0.15, 0.2) is 53.7 Å². The van der Waals surface area contributed by atoms with E-state index < -0.39 is 0 Å². The van der Waals surface area contributed by atoms with Crippen LogP contribution in [0.4, 0.5) is 4.39 Å². The quantitative estimate of drug-likeness (QED) is 0.658. The van der Waals surface area contributed by atoms with E-state index in [1.54, 1.807) is 29.9 Å². The summed E-state index contributed by atoms with van der Waals surface area (Å²) in [5.41, 5.74) is 1.15. The lowest BCUT2D eigenvalue weighted by Crippen LogP contribution is -2.10. The van der Waals surface area contributed by atoms with Crippen LogP contribution in [0.25, 0.3) is 17.1 Å². The minimum Gasteiger partial charge on any atom is -0.497 e. The number of halogens is 1. The van der Waals surface area contributed by atoms with Gasteiger partial charge in [-0.1, -0.05) is 23.9 Å². The second-order valence-corrected chi connectivity index (χ2v) is 7.46. The lowest BCUT2D eigenvalue weighted by Gasteiger charge is -2.13. The Hall–Kier alpha value is -2.67. The maximum atomic E-state index is 14.6. The minimum absolute atomic E-state index is 0.150. The third kappa shape index (κ3) is 3.47. The monoisotopic (exact) mass is 383 g/mol. The largest absolute Gasteiger partial charge is 0.497 e. The van der Waals surface area contributed by atoms with Crippen LogP contribution in [0.1, 0.15) is 19.3 Å². The maximum Gasteiger partial charge on any atom is 0.196 e. The van der Waals surface area contributed by atoms with Crippen LogP contribution >= 0.6 is 11.8 Å². The Kier molecular flexibility index (Phi) is 4.94. The molecule has 27 heavy (non-hydrogen) atoms. The number of Topliss-reactive ketones (excluding diaryl/α,β-unsaturated/α-hetero) is 1. The van der Waals surface area contributed by atoms with Gasteiger partial charge in [-0.15, -0.1) is 10.2 Å². The van der Waals surface area contributed by atoms with Gasteiger partial charge in [-0.3, -0.25) is 9.36 Å². The fourth-order valence-corrected chi connectivity index (χ4v) is 4.33. The Labute approximate surface area is 160 Å². The molecule has 5 nitrogen and oxygen atoms in total. The van der Waals surface area contributed by atoms with Gasteiger partial charge in [0, 0.05) is 12.0 Å². The SMILES string of the molecule is COc1ccc(-c2nnc(S[C@@H]3CCCC3=O)n2-c2ccccc2F)cc1. The summed E-state index contributed by atoms with van der Waals surface area (Å²) >= 11 is 1.36. The van der Waals surface area contributed by atoms with E-state index in [9.17, 15) is 9.18 Å². The highest BCUT2D eigenvalue weighted by atomic mass is 32.2. The number of aromatic nitrogens is 3. The standard InChI is InChI=1S/C20H18FN3O2S/c1-26-14-11-9-13(10-12-14)19-22-23-20(27-18-8-4-7-17(18)25)24(19)16-6-3-2-5-15(16)21/h2-3,5-6,9-12,18H,4,7-8H2,1H3/t18-/m1/s1. The summed E-state index contributed by atoms with van der Waals surface area (Å²) in [5, 5.41) is 8.95. The normalized spacial score (nSPS) is 16.7. The van der Waals surface area contributed by atoms with Crippen LogP contribution < -0.4 is 4.74 Å². The highest BCUT2D eigenvalue weighted by molar-refractivity contribution is 8.00. The van der Waals surface area contributed by atoms with E-state index in [0.717, 1.165) is 24.2 Å². The molecule has 3 aromatic rings. The fraction of sp³-hybridized carbons (Fsp3) is 0.250. The number of thioether (sulfide) groups is 1. The van der Waals surface area contributed by atoms with Crippen LogP contribution in [0.2, 0.25) is 0 Å². The van der Waals surface area contributed by atoms with Crippen molar-refractivity contribution in [1.82, 2.24) is 14.8 Å². The first kappa shape index (κ1) is 17.7. The van der Waals surface area contributed by atoms with Crippen molar-refractivity contribution in [2.24, 2.45) is 0 Å². The average molecular weight is 383 g/mol. The van der Waals surface area contributed by atoms with Gasteiger partial charge < -0.3 is 4.74 Å². The van der Waals surface area contributed by atoms with Crippen molar-refractivity contribution < 1.29 is 13.9 Å². The Morgan fingerprint density at radius 2 is 1.93 bits per heavy atom. The van der Waals surface area contributed by atoms with E-state index in [1.807, 2.05) is 24.3 Å². The van der Waals surface area contributed by atoms with Gasteiger partial charge in [-0.25, -0.2) is 4.39 Å². The van der Waals surface area contributed by atoms with Gasteiger partial charge >= 0.3 is 0 Å². The van der Waals surface area contributed by atoms with Crippen molar-refractivity contribution in [2.75, 3.05) is 7.11 Å². The molecule has 0 N–H and O–H groups in total. The van der Waals surface area contributed by atoms with Crippen molar-refractivity contribution in [3.05, 3.63) is 54.3 Å². The highest BCUT2D eigenvalue weighted by Gasteiger charge is 2.29. The predicted octanol–water partition coefficient (Wildman–Crippen LogP) is 4.30. The molecule has 0 bridgehead atoms. The number of hydrogen-bond acceptors (Lipinski definition) is 5. The van der Waals surface area contributed by atoms with Crippen LogP contribution in [-0.2, 0) is 4.79 Å². The maximum absolute atomic E-state index is 14.6. The summed E-state index contributed by atoms with van der Waals surface area (Å²) in [5.74, 6) is 1.10. The molecule has 1 aliphatic carbocycles. The van der Waals surface area contributed by atoms with Crippen LogP contribution in [0, 0.1) is 5.82 Å². The second-order valence-electron chi connectivity index (χ2n) is 6.29. The lowest BCUT2D eigenvalue weighted by atomic mass is 10.2. The number of carbonyl (C=O) groups excluding carboxylic acids is 1. The Balaban J connectivity index is 1.81. The summed E-state index contributed by atoms with van der Waals surface area (Å²) in [7, 11) is 1.60. The molecule has 0 spiro atoms. The van der Waals surface area contributed by atoms with Crippen molar-refractivity contribution in [2.45, 2.75) is 29.7 Å². The third-order valence-corrected chi connectivity index (χ3v) is 5.83. The van der Waals surface area contributed by atoms with Crippen molar-refractivity contribution >= 4 is 17.5 Å². The van der Waals surface area contributed by atoms with Gasteiger partial charge in [-0.2, -0.15) is 0 Å². The predicted molar refractivity (Wildman–Crippen MR) is 102 cm³/mol. The van der Waals surface area contributed by atoms with Crippen LogP contribution in [0.3, 0.4) is 0 Å². The van der Waals surface area contributed by atoms with Gasteiger partial charge in [0.25, 0.3) is 0 Å². The molecule has 7 heteroatoms. The first-order chi connectivity index (χ1) is 13.2. The molecular formula is C20H18FN3O2S. The van der Waals surface area contributed by atoms with Crippen molar-refractivity contribution in [3.8, 4) is 22.8 Å². The molecule has 1 heterocycles. The number of ether oxygens (including phenoxy) is 1. The van der Waals surface area contributed by atoms with E-state index in [4.69, 9.17) is 4.74 Å². The summed E-state index contributed by atoms with van der Waals surface area (Å²) < 4.78 is 21.5. The summed E-state index contributed by atoms with van der Waals surface area (Å²) in [6.45, 7) is 0. The van der Waals surface area contributed by atoms with Crippen molar-refractivity contribution in [1.29, 1.82) is 0 Å². The Morgan fingerprint density at radius 3 is 2.59 bits per heavy atom. The van der Waals surface area contributed by atoms with E-state index >= 15 is 0 Å². The van der Waals surface area contributed by atoms with Gasteiger partial charge in [0.2, 0.25) is 0 Å². The lowest BCUT2D eigenvalue weighted by molar-refractivity contribution is -0.116. The molecule has 2 aromatic carbocycles. The molecule has 0 saturated heterocycles. The molecule has 1 atom stereocenters. The molecule has 1 saturated carbocycles. The number of nitrogens with zero attached hydrogens (tertiary/aromatic N) is 3. The zero-order valence-corrected chi connectivity index (χ0v) is 15.6. The van der Waals surface area contributed by atoms with E-state index in [1.165, 1.54) is 17.8 Å². The zero-order valence-electron chi connectivity index (χ0n) is 14.8. The molecule has 138 valence electrons. The molecule has 0 radical (unpaired) electrons. The molecule has 4 rings (SSSR count). The number of hydrogen-bond donors (Lipinski definition) is 0. The molecule has 1 fully saturated rings. The Bertz CT molecular complexity index is 972. The minimum atomic E-state index is -0.369. The van der Waals surface area contributed by atoms with Crippen LogP contribution in [0.5, 0.6) is 5.75 Å². The summed E-state index contributed by atoms with van der Waals surface area (Å²) in [6, 6.07) is 13.9. The summed E-state index contributed by atoms with van der Waals surface area (Å²) in [4.78, 5) is 12.1. The van der Waals surface area contributed by atoms with Gasteiger partial charge in [0.05, 0.1) is 18.0 Å². The molecule has 0 unspecified atom stereocenters. The van der Waals surface area contributed by atoms with E-state index in [0.29, 0.717) is 23.1 Å². The first-order valence-electron chi connectivity index (χ1n) is 8.71. The number of carbonyl (C=O) groups is 1. The topological polar surface area (TPSA) is 57.0 Å². The average Bonchev–Trinajstić information content (AvgIpc) is 3.29. The number of para-hydroxylation sites is 1. The second kappa shape index (κ2) is 7.52. The molecule has 0 aliphatic heterocycles. The zero-order chi connectivity index (χ0) is 18.8. The van der Waals surface area contributed by atoms with Crippen molar-refractivity contribution in [3.63, 3.8) is 0 Å². The third-order valence-electron chi connectivity index (χ3n) is 4.57. The molecular weight excluding hydrogens is 365 g/mol. The summed E-state index contributed by atoms with van der Waals surface area (Å²) in [6.07, 6.45) is 2.29. The van der Waals surface area contributed by atoms with E-state index in [2.05, 4.69) is 10.2 Å². The molecule has 1 aromatic heterocycles. The van der Waals surface area contributed by atoms with Gasteiger partial charge in [0.15, 0.2) is 11.0 Å².